The van der Waals surface area contributed by atoms with Crippen LogP contribution >= 0.6 is 0 Å². The Balaban J connectivity index is 2.02. The van der Waals surface area contributed by atoms with Gasteiger partial charge in [0.05, 0.1) is 15.9 Å². The maximum Gasteiger partial charge on any atom is 0.269 e. The molecule has 0 aromatic heterocycles. The summed E-state index contributed by atoms with van der Waals surface area (Å²) in [5, 5.41) is 10.7. The Morgan fingerprint density at radius 3 is 2.28 bits per heavy atom. The number of nitro groups is 1. The van der Waals surface area contributed by atoms with Crippen molar-refractivity contribution in [3.05, 3.63) is 82.6 Å². The van der Waals surface area contributed by atoms with E-state index in [0.717, 1.165) is 16.4 Å². The minimum Gasteiger partial charge on any atom is -0.295 e. The Morgan fingerprint density at radius 1 is 1.04 bits per heavy atom. The first-order valence-electron chi connectivity index (χ1n) is 7.43. The van der Waals surface area contributed by atoms with Crippen LogP contribution in [0, 0.1) is 10.1 Å². The molecule has 0 spiro atoms. The molecule has 0 saturated heterocycles. The van der Waals surface area contributed by atoms with Crippen LogP contribution in [-0.4, -0.2) is 23.4 Å². The van der Waals surface area contributed by atoms with Crippen LogP contribution in [0.4, 0.5) is 5.69 Å². The van der Waals surface area contributed by atoms with E-state index in [0.29, 0.717) is 5.56 Å². The SMILES string of the molecule is O=C1C=CN(S(=O)(=O)c2ccc([N+](=O)[O-])cc2)[C@@H](c2ccccc2)C1. The fraction of sp³-hybridized carbons (Fsp3) is 0.118. The van der Waals surface area contributed by atoms with Gasteiger partial charge in [-0.15, -0.1) is 0 Å². The molecule has 8 heteroatoms. The van der Waals surface area contributed by atoms with Gasteiger partial charge in [-0.25, -0.2) is 8.42 Å². The summed E-state index contributed by atoms with van der Waals surface area (Å²) < 4.78 is 27.0. The topological polar surface area (TPSA) is 97.6 Å². The molecule has 0 N–H and O–H groups in total. The van der Waals surface area contributed by atoms with Crippen molar-refractivity contribution in [2.45, 2.75) is 17.4 Å². The van der Waals surface area contributed by atoms with E-state index in [2.05, 4.69) is 0 Å². The molecule has 0 bridgehead atoms. The van der Waals surface area contributed by atoms with E-state index in [1.54, 1.807) is 30.3 Å². The van der Waals surface area contributed by atoms with Crippen LogP contribution in [0.25, 0.3) is 0 Å². The van der Waals surface area contributed by atoms with Gasteiger partial charge in [-0.3, -0.25) is 19.2 Å². The summed E-state index contributed by atoms with van der Waals surface area (Å²) in [7, 11) is -3.95. The highest BCUT2D eigenvalue weighted by atomic mass is 32.2. The van der Waals surface area contributed by atoms with Crippen molar-refractivity contribution in [3.8, 4) is 0 Å². The van der Waals surface area contributed by atoms with Gasteiger partial charge in [-0.1, -0.05) is 30.3 Å². The minimum absolute atomic E-state index is 0.0344. The molecule has 0 saturated carbocycles. The number of carbonyl (C=O) groups excluding carboxylic acids is 1. The highest BCUT2D eigenvalue weighted by Crippen LogP contribution is 2.33. The number of non-ortho nitro benzene ring substituents is 1. The summed E-state index contributed by atoms with van der Waals surface area (Å²) in [5.41, 5.74) is 0.508. The monoisotopic (exact) mass is 358 g/mol. The highest BCUT2D eigenvalue weighted by molar-refractivity contribution is 7.89. The van der Waals surface area contributed by atoms with Crippen molar-refractivity contribution in [2.24, 2.45) is 0 Å². The Morgan fingerprint density at radius 2 is 1.68 bits per heavy atom. The number of sulfonamides is 1. The molecule has 0 radical (unpaired) electrons. The normalized spacial score (nSPS) is 17.5. The second-order valence-electron chi connectivity index (χ2n) is 5.50. The van der Waals surface area contributed by atoms with E-state index >= 15 is 0 Å². The fourth-order valence-corrected chi connectivity index (χ4v) is 4.13. The summed E-state index contributed by atoms with van der Waals surface area (Å²) >= 11 is 0. The number of hydrogen-bond acceptors (Lipinski definition) is 5. The van der Waals surface area contributed by atoms with E-state index in [9.17, 15) is 23.3 Å². The Hall–Kier alpha value is -3.00. The van der Waals surface area contributed by atoms with Crippen molar-refractivity contribution >= 4 is 21.5 Å². The van der Waals surface area contributed by atoms with Gasteiger partial charge in [-0.05, 0) is 23.8 Å². The molecule has 2 aromatic carbocycles. The van der Waals surface area contributed by atoms with Crippen molar-refractivity contribution in [1.82, 2.24) is 4.31 Å². The van der Waals surface area contributed by atoms with Crippen LogP contribution in [0.5, 0.6) is 0 Å². The summed E-state index contributed by atoms with van der Waals surface area (Å²) in [6.45, 7) is 0. The number of nitrogens with zero attached hydrogens (tertiary/aromatic N) is 2. The van der Waals surface area contributed by atoms with Crippen LogP contribution in [0.1, 0.15) is 18.0 Å². The largest absolute Gasteiger partial charge is 0.295 e. The minimum atomic E-state index is -3.95. The molecule has 3 rings (SSSR count). The molecule has 0 fully saturated rings. The van der Waals surface area contributed by atoms with Gasteiger partial charge in [0.1, 0.15) is 0 Å². The maximum atomic E-state index is 13.0. The Kier molecular flexibility index (Phi) is 4.37. The van der Waals surface area contributed by atoms with E-state index in [4.69, 9.17) is 0 Å². The summed E-state index contributed by atoms with van der Waals surface area (Å²) in [4.78, 5) is 21.9. The van der Waals surface area contributed by atoms with E-state index in [1.807, 2.05) is 0 Å². The van der Waals surface area contributed by atoms with Gasteiger partial charge >= 0.3 is 0 Å². The van der Waals surface area contributed by atoms with E-state index in [1.165, 1.54) is 24.4 Å². The van der Waals surface area contributed by atoms with Crippen LogP contribution in [0.2, 0.25) is 0 Å². The summed E-state index contributed by atoms with van der Waals surface area (Å²) in [5.74, 6) is -0.163. The molecular weight excluding hydrogens is 344 g/mol. The number of hydrogen-bond donors (Lipinski definition) is 0. The highest BCUT2D eigenvalue weighted by Gasteiger charge is 2.33. The predicted molar refractivity (Wildman–Crippen MR) is 90.1 cm³/mol. The number of allylic oxidation sites excluding steroid dienone is 1. The standard InChI is InChI=1S/C17H14N2O5S/c20-15-10-11-18(17(12-15)13-4-2-1-3-5-13)25(23,24)16-8-6-14(7-9-16)19(21)22/h1-11,17H,12H2/t17-/m1/s1. The zero-order chi connectivity index (χ0) is 18.0. The molecule has 1 aliphatic heterocycles. The van der Waals surface area contributed by atoms with Crippen LogP contribution in [-0.2, 0) is 14.8 Å². The lowest BCUT2D eigenvalue weighted by Gasteiger charge is -2.32. The molecule has 0 aliphatic carbocycles. The van der Waals surface area contributed by atoms with Gasteiger partial charge in [0.15, 0.2) is 5.78 Å². The zero-order valence-corrected chi connectivity index (χ0v) is 13.8. The quantitative estimate of drug-likeness (QED) is 0.618. The Labute approximate surface area is 144 Å². The van der Waals surface area contributed by atoms with Crippen LogP contribution < -0.4 is 0 Å². The number of carbonyl (C=O) groups is 1. The summed E-state index contributed by atoms with van der Waals surface area (Å²) in [6, 6.07) is 12.9. The van der Waals surface area contributed by atoms with Crippen molar-refractivity contribution < 1.29 is 18.1 Å². The third-order valence-corrected chi connectivity index (χ3v) is 5.72. The first-order valence-corrected chi connectivity index (χ1v) is 8.87. The van der Waals surface area contributed by atoms with E-state index in [-0.39, 0.29) is 22.8 Å². The average Bonchev–Trinajstić information content (AvgIpc) is 2.62. The molecule has 2 aromatic rings. The smallest absolute Gasteiger partial charge is 0.269 e. The zero-order valence-electron chi connectivity index (χ0n) is 13.0. The third kappa shape index (κ3) is 3.29. The fourth-order valence-electron chi connectivity index (χ4n) is 2.66. The molecule has 0 amide bonds. The van der Waals surface area contributed by atoms with Gasteiger partial charge < -0.3 is 0 Å². The number of benzene rings is 2. The van der Waals surface area contributed by atoms with Crippen LogP contribution in [0.3, 0.4) is 0 Å². The second-order valence-corrected chi connectivity index (χ2v) is 7.34. The first-order chi connectivity index (χ1) is 11.9. The lowest BCUT2D eigenvalue weighted by Crippen LogP contribution is -2.34. The number of nitro benzene ring substituents is 1. The predicted octanol–water partition coefficient (Wildman–Crippen LogP) is 2.81. The molecule has 1 atom stereocenters. The van der Waals surface area contributed by atoms with Gasteiger partial charge in [0.2, 0.25) is 0 Å². The van der Waals surface area contributed by atoms with Crippen molar-refractivity contribution in [2.75, 3.05) is 0 Å². The molecule has 128 valence electrons. The number of rotatable bonds is 4. The molecule has 1 aliphatic rings. The lowest BCUT2D eigenvalue weighted by atomic mass is 9.99. The maximum absolute atomic E-state index is 13.0. The van der Waals surface area contributed by atoms with Crippen molar-refractivity contribution in [1.29, 1.82) is 0 Å². The summed E-state index contributed by atoms with van der Waals surface area (Å²) in [6.07, 6.45) is 2.51. The van der Waals surface area contributed by atoms with E-state index < -0.39 is 21.0 Å². The molecule has 25 heavy (non-hydrogen) atoms. The van der Waals surface area contributed by atoms with Gasteiger partial charge in [0.25, 0.3) is 15.7 Å². The van der Waals surface area contributed by atoms with Crippen molar-refractivity contribution in [3.63, 3.8) is 0 Å². The second kappa shape index (κ2) is 6.48. The van der Waals surface area contributed by atoms with Gasteiger partial charge in [-0.2, -0.15) is 0 Å². The lowest BCUT2D eigenvalue weighted by molar-refractivity contribution is -0.384. The first kappa shape index (κ1) is 16.8. The molecule has 7 nitrogen and oxygen atoms in total. The number of ketones is 1. The third-order valence-electron chi connectivity index (χ3n) is 3.92. The average molecular weight is 358 g/mol. The Bertz CT molecular complexity index is 937. The molecule has 1 heterocycles. The van der Waals surface area contributed by atoms with Gasteiger partial charge in [0, 0.05) is 24.8 Å². The molecular formula is C17H14N2O5S. The van der Waals surface area contributed by atoms with Crippen LogP contribution in [0.15, 0.2) is 71.8 Å². The molecule has 0 unspecified atom stereocenters.